The molecule has 2 aliphatic carbocycles. The Balaban J connectivity index is 1.61. The summed E-state index contributed by atoms with van der Waals surface area (Å²) < 4.78 is 20.8. The number of hydrogen-bond donors (Lipinski definition) is 3. The zero-order valence-electron chi connectivity index (χ0n) is 20.2. The van der Waals surface area contributed by atoms with Gasteiger partial charge in [0.2, 0.25) is 5.75 Å². The van der Waals surface area contributed by atoms with Crippen molar-refractivity contribution >= 4 is 23.0 Å². The number of hydroxylamine groups is 2. The highest BCUT2D eigenvalue weighted by atomic mass is 19.1. The van der Waals surface area contributed by atoms with Crippen molar-refractivity contribution in [2.45, 2.75) is 76.9 Å². The summed E-state index contributed by atoms with van der Waals surface area (Å²) in [6, 6.07) is 0.613. The van der Waals surface area contributed by atoms with Gasteiger partial charge < -0.3 is 31.0 Å². The second kappa shape index (κ2) is 8.10. The molecule has 0 spiro atoms. The molecule has 2 aliphatic heterocycles. The van der Waals surface area contributed by atoms with Crippen molar-refractivity contribution in [3.63, 3.8) is 0 Å². The number of halogens is 1. The fourth-order valence-electron chi connectivity index (χ4n) is 5.80. The van der Waals surface area contributed by atoms with Gasteiger partial charge in [-0.25, -0.2) is 9.18 Å². The molecule has 3 fully saturated rings. The molecule has 8 nitrogen and oxygen atoms in total. The number of nitrogens with two attached hydrogens (primary N) is 1. The molecule has 1 saturated heterocycles. The van der Waals surface area contributed by atoms with Crippen LogP contribution in [0.2, 0.25) is 0 Å². The zero-order chi connectivity index (χ0) is 24.4. The van der Waals surface area contributed by atoms with E-state index < -0.39 is 16.4 Å². The maximum absolute atomic E-state index is 16.0. The Bertz CT molecular complexity index is 1050. The lowest BCUT2D eigenvalue weighted by atomic mass is 9.74. The molecule has 0 bridgehead atoms. The number of piperidine rings is 1. The predicted molar refractivity (Wildman–Crippen MR) is 130 cm³/mol. The molecule has 5 rings (SSSR count). The number of carboxylic acid groups (broad SMARTS) is 1. The number of nitrogens with zero attached hydrogens (tertiary/aromatic N) is 2. The Morgan fingerprint density at radius 2 is 2.09 bits per heavy atom. The maximum atomic E-state index is 16.0. The SMILES string of the molecule is CCC1(C)CN(c2c(F)c(N)c3c(c2OC)[N+]([O-])(C2CC2)C=C(C(=O)O)C3)CCC1NC1CC1. The Morgan fingerprint density at radius 1 is 1.38 bits per heavy atom. The average molecular weight is 475 g/mol. The maximum Gasteiger partial charge on any atom is 0.337 e. The first-order valence-corrected chi connectivity index (χ1v) is 12.4. The van der Waals surface area contributed by atoms with E-state index in [2.05, 4.69) is 19.2 Å². The van der Waals surface area contributed by atoms with Crippen LogP contribution in [0.5, 0.6) is 5.75 Å². The van der Waals surface area contributed by atoms with Gasteiger partial charge in [-0.1, -0.05) is 13.8 Å². The molecule has 4 N–H and O–H groups in total. The lowest BCUT2D eigenvalue weighted by molar-refractivity contribution is -0.132. The van der Waals surface area contributed by atoms with E-state index in [1.165, 1.54) is 26.2 Å². The Morgan fingerprint density at radius 3 is 2.65 bits per heavy atom. The molecule has 1 aromatic rings. The first-order valence-electron chi connectivity index (χ1n) is 12.4. The minimum atomic E-state index is -1.18. The number of benzene rings is 1. The molecule has 2 heterocycles. The van der Waals surface area contributed by atoms with Gasteiger partial charge >= 0.3 is 5.97 Å². The smallest absolute Gasteiger partial charge is 0.337 e. The summed E-state index contributed by atoms with van der Waals surface area (Å²) in [4.78, 5) is 13.8. The van der Waals surface area contributed by atoms with E-state index in [-0.39, 0.29) is 51.8 Å². The molecule has 1 aromatic carbocycles. The number of fused-ring (bicyclic) bond motifs is 1. The number of carboxylic acids is 1. The third kappa shape index (κ3) is 3.65. The first-order chi connectivity index (χ1) is 16.1. The molecule has 34 heavy (non-hydrogen) atoms. The molecule has 0 radical (unpaired) electrons. The molecule has 2 saturated carbocycles. The highest BCUT2D eigenvalue weighted by Crippen LogP contribution is 2.55. The van der Waals surface area contributed by atoms with Crippen molar-refractivity contribution < 1.29 is 19.0 Å². The second-order valence-corrected chi connectivity index (χ2v) is 10.7. The molecule has 4 aliphatic rings. The number of nitrogens with one attached hydrogen (secondary N) is 1. The van der Waals surface area contributed by atoms with Gasteiger partial charge in [0.25, 0.3) is 0 Å². The molecular formula is C25H35FN4O4. The van der Waals surface area contributed by atoms with Crippen LogP contribution in [0.1, 0.15) is 57.9 Å². The van der Waals surface area contributed by atoms with Crippen LogP contribution in [0.15, 0.2) is 11.8 Å². The molecule has 9 heteroatoms. The summed E-state index contributed by atoms with van der Waals surface area (Å²) >= 11 is 0. The minimum Gasteiger partial charge on any atom is -0.622 e. The van der Waals surface area contributed by atoms with Crippen LogP contribution < -0.4 is 25.3 Å². The van der Waals surface area contributed by atoms with E-state index in [9.17, 15) is 15.1 Å². The van der Waals surface area contributed by atoms with Crippen molar-refractivity contribution in [2.75, 3.05) is 30.8 Å². The van der Waals surface area contributed by atoms with Crippen molar-refractivity contribution in [3.05, 3.63) is 28.4 Å². The Kier molecular flexibility index (Phi) is 5.57. The van der Waals surface area contributed by atoms with Crippen molar-refractivity contribution in [1.82, 2.24) is 9.96 Å². The van der Waals surface area contributed by atoms with Gasteiger partial charge in [0.15, 0.2) is 11.5 Å². The topological polar surface area (TPSA) is 111 Å². The van der Waals surface area contributed by atoms with Crippen LogP contribution in [0.4, 0.5) is 21.5 Å². The standard InChI is InChI=1S/C25H35FN4O4/c1-4-25(2)13-29(10-9-18(25)28-15-5-6-15)21-19(26)20(27)17-11-14(24(31)32)12-30(33,16-7-8-16)22(17)23(21)34-3/h12,15-16,18,28H,4-11,13,27H2,1-3H3,(H,31,32). The van der Waals surface area contributed by atoms with Gasteiger partial charge in [0, 0.05) is 55.4 Å². The van der Waals surface area contributed by atoms with Crippen LogP contribution in [0.25, 0.3) is 0 Å². The third-order valence-corrected chi connectivity index (χ3v) is 8.34. The van der Waals surface area contributed by atoms with E-state index in [1.54, 1.807) is 0 Å². The quantitative estimate of drug-likeness (QED) is 0.314. The fraction of sp³-hybridized carbons (Fsp3) is 0.640. The molecule has 3 unspecified atom stereocenters. The van der Waals surface area contributed by atoms with Gasteiger partial charge in [-0.05, 0) is 25.7 Å². The van der Waals surface area contributed by atoms with Crippen molar-refractivity contribution in [1.29, 1.82) is 0 Å². The van der Waals surface area contributed by atoms with Crippen LogP contribution in [0, 0.1) is 16.4 Å². The van der Waals surface area contributed by atoms with Gasteiger partial charge in [0.05, 0.1) is 24.4 Å². The largest absolute Gasteiger partial charge is 0.622 e. The number of quaternary nitrogens is 1. The summed E-state index contributed by atoms with van der Waals surface area (Å²) in [5.41, 5.74) is 6.75. The van der Waals surface area contributed by atoms with Crippen LogP contribution in [0.3, 0.4) is 0 Å². The summed E-state index contributed by atoms with van der Waals surface area (Å²) in [5.74, 6) is -1.62. The van der Waals surface area contributed by atoms with E-state index in [1.807, 2.05) is 4.90 Å². The van der Waals surface area contributed by atoms with Gasteiger partial charge in [-0.2, -0.15) is 0 Å². The average Bonchev–Trinajstić information content (AvgIpc) is 3.71. The Labute approximate surface area is 199 Å². The monoisotopic (exact) mass is 474 g/mol. The molecular weight excluding hydrogens is 439 g/mol. The summed E-state index contributed by atoms with van der Waals surface area (Å²) in [5, 5.41) is 27.6. The number of aliphatic carboxylic acids is 1. The van der Waals surface area contributed by atoms with Crippen LogP contribution in [-0.2, 0) is 11.2 Å². The van der Waals surface area contributed by atoms with Gasteiger partial charge in [0.1, 0.15) is 11.9 Å². The van der Waals surface area contributed by atoms with Crippen LogP contribution in [-0.4, -0.2) is 49.4 Å². The van der Waals surface area contributed by atoms with E-state index in [0.717, 1.165) is 12.8 Å². The number of anilines is 2. The summed E-state index contributed by atoms with van der Waals surface area (Å²) in [6.45, 7) is 5.61. The van der Waals surface area contributed by atoms with E-state index >= 15 is 4.39 Å². The van der Waals surface area contributed by atoms with Gasteiger partial charge in [-0.3, -0.25) is 4.65 Å². The molecule has 0 aromatic heterocycles. The van der Waals surface area contributed by atoms with E-state index in [4.69, 9.17) is 10.5 Å². The normalized spacial score (nSPS) is 31.1. The molecule has 3 atom stereocenters. The third-order valence-electron chi connectivity index (χ3n) is 8.34. The summed E-state index contributed by atoms with van der Waals surface area (Å²) in [6.07, 6.45) is 6.70. The Hall–Kier alpha value is -2.36. The zero-order valence-corrected chi connectivity index (χ0v) is 20.2. The highest BCUT2D eigenvalue weighted by molar-refractivity contribution is 5.93. The molecule has 0 amide bonds. The predicted octanol–water partition coefficient (Wildman–Crippen LogP) is 3.66. The van der Waals surface area contributed by atoms with Crippen molar-refractivity contribution in [2.24, 2.45) is 5.41 Å². The molecule has 186 valence electrons. The minimum absolute atomic E-state index is 0.0548. The fourth-order valence-corrected chi connectivity index (χ4v) is 5.80. The number of methoxy groups -OCH3 is 1. The lowest BCUT2D eigenvalue weighted by Gasteiger charge is -2.49. The van der Waals surface area contributed by atoms with Gasteiger partial charge in [-0.15, -0.1) is 0 Å². The number of hydrogen-bond acceptors (Lipinski definition) is 6. The van der Waals surface area contributed by atoms with Crippen LogP contribution >= 0.6 is 0 Å². The lowest BCUT2D eigenvalue weighted by Crippen LogP contribution is -2.56. The number of ether oxygens (including phenoxy) is 1. The van der Waals surface area contributed by atoms with Crippen molar-refractivity contribution in [3.8, 4) is 5.75 Å². The highest BCUT2D eigenvalue weighted by Gasteiger charge is 2.49. The summed E-state index contributed by atoms with van der Waals surface area (Å²) in [7, 11) is 1.45. The second-order valence-electron chi connectivity index (χ2n) is 10.7. The van der Waals surface area contributed by atoms with E-state index in [0.29, 0.717) is 38.0 Å². The number of carbonyl (C=O) groups is 1. The number of rotatable bonds is 7. The number of nitrogen functional groups attached to an aromatic ring is 1. The first kappa shape index (κ1) is 23.4.